The number of ether oxygens (including phenoxy) is 2. The highest BCUT2D eigenvalue weighted by molar-refractivity contribution is 5.81. The molecule has 0 spiro atoms. The molecular formula is C12H14F3NO3. The molecule has 106 valence electrons. The maximum absolute atomic E-state index is 12.2. The molecule has 0 aliphatic rings. The van der Waals surface area contributed by atoms with E-state index >= 15 is 0 Å². The first-order chi connectivity index (χ1) is 8.80. The van der Waals surface area contributed by atoms with Crippen LogP contribution in [0.1, 0.15) is 24.8 Å². The van der Waals surface area contributed by atoms with Gasteiger partial charge in [0, 0.05) is 0 Å². The van der Waals surface area contributed by atoms with Gasteiger partial charge in [0.15, 0.2) is 5.75 Å². The van der Waals surface area contributed by atoms with Crippen LogP contribution in [0.3, 0.4) is 0 Å². The van der Waals surface area contributed by atoms with Crippen LogP contribution in [0.4, 0.5) is 18.9 Å². The summed E-state index contributed by atoms with van der Waals surface area (Å²) in [5.41, 5.74) is 5.68. The molecule has 7 heteroatoms. The Morgan fingerprint density at radius 3 is 2.53 bits per heavy atom. The molecule has 0 aromatic heterocycles. The number of halogens is 3. The Bertz CT molecular complexity index is 460. The van der Waals surface area contributed by atoms with E-state index < -0.39 is 24.0 Å². The Morgan fingerprint density at radius 2 is 2.05 bits per heavy atom. The van der Waals surface area contributed by atoms with E-state index in [4.69, 9.17) is 5.73 Å². The minimum Gasteiger partial charge on any atom is -0.469 e. The molecule has 1 aromatic rings. The van der Waals surface area contributed by atoms with Gasteiger partial charge in [-0.2, -0.15) is 0 Å². The number of carbonyl (C=O) groups excluding carboxylic acids is 1. The standard InChI is InChI=1S/C12H14F3NO3/c1-3-7(11(17)18-2)8-5-4-6-9(10(8)16)19-12(13,14)15/h4-7H,3,16H2,1-2H3. The first-order valence-electron chi connectivity index (χ1n) is 5.52. The van der Waals surface area contributed by atoms with E-state index in [2.05, 4.69) is 9.47 Å². The Labute approximate surface area is 108 Å². The largest absolute Gasteiger partial charge is 0.573 e. The molecule has 0 amide bonds. The van der Waals surface area contributed by atoms with Crippen LogP contribution in [-0.4, -0.2) is 19.4 Å². The van der Waals surface area contributed by atoms with Crippen molar-refractivity contribution in [2.24, 2.45) is 0 Å². The maximum Gasteiger partial charge on any atom is 0.573 e. The quantitative estimate of drug-likeness (QED) is 0.679. The van der Waals surface area contributed by atoms with Crippen LogP contribution in [0.2, 0.25) is 0 Å². The lowest BCUT2D eigenvalue weighted by Gasteiger charge is -2.18. The highest BCUT2D eigenvalue weighted by Gasteiger charge is 2.33. The van der Waals surface area contributed by atoms with Crippen molar-refractivity contribution in [1.82, 2.24) is 0 Å². The van der Waals surface area contributed by atoms with Gasteiger partial charge in [-0.15, -0.1) is 13.2 Å². The Morgan fingerprint density at radius 1 is 1.42 bits per heavy atom. The van der Waals surface area contributed by atoms with Crippen LogP contribution in [-0.2, 0) is 9.53 Å². The highest BCUT2D eigenvalue weighted by Crippen LogP contribution is 2.35. The van der Waals surface area contributed by atoms with Crippen molar-refractivity contribution in [3.05, 3.63) is 23.8 Å². The lowest BCUT2D eigenvalue weighted by molar-refractivity contribution is -0.274. The number of esters is 1. The Hall–Kier alpha value is -1.92. The fraction of sp³-hybridized carbons (Fsp3) is 0.417. The fourth-order valence-electron chi connectivity index (χ4n) is 1.73. The van der Waals surface area contributed by atoms with Gasteiger partial charge in [0.25, 0.3) is 0 Å². The molecule has 0 aliphatic carbocycles. The second-order valence-electron chi connectivity index (χ2n) is 3.79. The van der Waals surface area contributed by atoms with Gasteiger partial charge in [0.05, 0.1) is 18.7 Å². The molecule has 0 fully saturated rings. The van der Waals surface area contributed by atoms with Gasteiger partial charge in [-0.25, -0.2) is 0 Å². The van der Waals surface area contributed by atoms with Gasteiger partial charge in [0.2, 0.25) is 0 Å². The normalized spacial score (nSPS) is 12.9. The minimum absolute atomic E-state index is 0.211. The van der Waals surface area contributed by atoms with Crippen molar-refractivity contribution in [3.63, 3.8) is 0 Å². The predicted octanol–water partition coefficient (Wildman–Crippen LogP) is 2.83. The van der Waals surface area contributed by atoms with Crippen molar-refractivity contribution in [2.75, 3.05) is 12.8 Å². The number of rotatable bonds is 4. The summed E-state index contributed by atoms with van der Waals surface area (Å²) in [4.78, 5) is 11.6. The van der Waals surface area contributed by atoms with E-state index in [1.165, 1.54) is 19.2 Å². The number of alkyl halides is 3. The molecule has 1 aromatic carbocycles. The van der Waals surface area contributed by atoms with Crippen LogP contribution >= 0.6 is 0 Å². The number of nitrogens with two attached hydrogens (primary N) is 1. The van der Waals surface area contributed by atoms with Gasteiger partial charge < -0.3 is 15.2 Å². The number of nitrogen functional groups attached to an aromatic ring is 1. The number of carbonyl (C=O) groups is 1. The zero-order chi connectivity index (χ0) is 14.6. The zero-order valence-corrected chi connectivity index (χ0v) is 10.5. The molecule has 0 saturated heterocycles. The lowest BCUT2D eigenvalue weighted by Crippen LogP contribution is -2.20. The number of hydrogen-bond acceptors (Lipinski definition) is 4. The van der Waals surface area contributed by atoms with Crippen molar-refractivity contribution in [3.8, 4) is 5.75 Å². The molecule has 0 aliphatic heterocycles. The molecule has 1 rings (SSSR count). The summed E-state index contributed by atoms with van der Waals surface area (Å²) in [5, 5.41) is 0. The van der Waals surface area contributed by atoms with Crippen molar-refractivity contribution >= 4 is 11.7 Å². The molecular weight excluding hydrogens is 263 g/mol. The van der Waals surface area contributed by atoms with Gasteiger partial charge in [-0.3, -0.25) is 4.79 Å². The summed E-state index contributed by atoms with van der Waals surface area (Å²) in [6.45, 7) is 1.71. The molecule has 0 bridgehead atoms. The van der Waals surface area contributed by atoms with Crippen LogP contribution in [0.25, 0.3) is 0 Å². The van der Waals surface area contributed by atoms with Crippen molar-refractivity contribution < 1.29 is 27.4 Å². The first-order valence-corrected chi connectivity index (χ1v) is 5.52. The van der Waals surface area contributed by atoms with Crippen LogP contribution < -0.4 is 10.5 Å². The molecule has 0 heterocycles. The topological polar surface area (TPSA) is 61.5 Å². The SMILES string of the molecule is CCC(C(=O)OC)c1cccc(OC(F)(F)F)c1N. The predicted molar refractivity (Wildman–Crippen MR) is 62.6 cm³/mol. The molecule has 0 radical (unpaired) electrons. The first kappa shape index (κ1) is 15.1. The molecule has 1 atom stereocenters. The summed E-state index contributed by atoms with van der Waals surface area (Å²) in [7, 11) is 1.21. The van der Waals surface area contributed by atoms with Crippen molar-refractivity contribution in [2.45, 2.75) is 25.6 Å². The molecule has 0 saturated carbocycles. The second-order valence-corrected chi connectivity index (χ2v) is 3.79. The van der Waals surface area contributed by atoms with E-state index in [9.17, 15) is 18.0 Å². The zero-order valence-electron chi connectivity index (χ0n) is 10.5. The van der Waals surface area contributed by atoms with Crippen LogP contribution in [0, 0.1) is 0 Å². The number of para-hydroxylation sites is 1. The summed E-state index contributed by atoms with van der Waals surface area (Å²) >= 11 is 0. The second kappa shape index (κ2) is 5.81. The average Bonchev–Trinajstić information content (AvgIpc) is 2.32. The summed E-state index contributed by atoms with van der Waals surface area (Å²) < 4.78 is 45.0. The summed E-state index contributed by atoms with van der Waals surface area (Å²) in [5.74, 6) is -1.80. The monoisotopic (exact) mass is 277 g/mol. The number of anilines is 1. The fourth-order valence-corrected chi connectivity index (χ4v) is 1.73. The Kier molecular flexibility index (Phi) is 4.63. The van der Waals surface area contributed by atoms with E-state index in [0.29, 0.717) is 6.42 Å². The number of benzene rings is 1. The van der Waals surface area contributed by atoms with Gasteiger partial charge in [-0.1, -0.05) is 19.1 Å². The molecule has 4 nitrogen and oxygen atoms in total. The molecule has 1 unspecified atom stereocenters. The number of hydrogen-bond donors (Lipinski definition) is 1. The van der Waals surface area contributed by atoms with Gasteiger partial charge in [0.1, 0.15) is 0 Å². The number of methoxy groups -OCH3 is 1. The smallest absolute Gasteiger partial charge is 0.469 e. The van der Waals surface area contributed by atoms with Gasteiger partial charge >= 0.3 is 12.3 Å². The van der Waals surface area contributed by atoms with E-state index in [1.807, 2.05) is 0 Å². The molecule has 19 heavy (non-hydrogen) atoms. The third-order valence-corrected chi connectivity index (χ3v) is 2.59. The van der Waals surface area contributed by atoms with E-state index in [-0.39, 0.29) is 11.3 Å². The summed E-state index contributed by atoms with van der Waals surface area (Å²) in [6, 6.07) is 3.92. The molecule has 2 N–H and O–H groups in total. The third kappa shape index (κ3) is 3.77. The maximum atomic E-state index is 12.2. The highest BCUT2D eigenvalue weighted by atomic mass is 19.4. The summed E-state index contributed by atoms with van der Waals surface area (Å²) in [6.07, 6.45) is -4.48. The van der Waals surface area contributed by atoms with E-state index in [1.54, 1.807) is 6.92 Å². The van der Waals surface area contributed by atoms with Crippen LogP contribution in [0.15, 0.2) is 18.2 Å². The lowest BCUT2D eigenvalue weighted by atomic mass is 9.94. The van der Waals surface area contributed by atoms with Crippen LogP contribution in [0.5, 0.6) is 5.75 Å². The van der Waals surface area contributed by atoms with Crippen molar-refractivity contribution in [1.29, 1.82) is 0 Å². The van der Waals surface area contributed by atoms with E-state index in [0.717, 1.165) is 6.07 Å². The average molecular weight is 277 g/mol. The van der Waals surface area contributed by atoms with Gasteiger partial charge in [-0.05, 0) is 18.1 Å². The minimum atomic E-state index is -4.83. The third-order valence-electron chi connectivity index (χ3n) is 2.59. The Balaban J connectivity index is 3.16.